The Hall–Kier alpha value is -3.61. The van der Waals surface area contributed by atoms with E-state index in [0.717, 1.165) is 5.56 Å². The third kappa shape index (κ3) is 5.20. The lowest BCUT2D eigenvalue weighted by Crippen LogP contribution is -2.26. The molecule has 1 aromatic heterocycles. The molecule has 0 aliphatic heterocycles. The first-order valence-corrected chi connectivity index (χ1v) is 8.57. The van der Waals surface area contributed by atoms with Gasteiger partial charge in [0.15, 0.2) is 0 Å². The number of rotatable bonds is 6. The van der Waals surface area contributed by atoms with E-state index in [-0.39, 0.29) is 23.0 Å². The van der Waals surface area contributed by atoms with E-state index in [1.165, 1.54) is 48.7 Å². The van der Waals surface area contributed by atoms with E-state index in [1.807, 2.05) is 0 Å². The SMILES string of the molecule is O=C(NCCc1ccc(F)cc1)c1ccnc(C(=O)Nc2cccc(F)c2)c1. The Morgan fingerprint density at radius 3 is 2.43 bits per heavy atom. The second-order valence-electron chi connectivity index (χ2n) is 6.03. The minimum atomic E-state index is -0.549. The van der Waals surface area contributed by atoms with E-state index >= 15 is 0 Å². The molecular weight excluding hydrogens is 364 g/mol. The Balaban J connectivity index is 1.59. The number of carbonyl (C=O) groups excluding carboxylic acids is 2. The standard InChI is InChI=1S/C21H17F2N3O2/c22-16-6-4-14(5-7-16)8-10-25-20(27)15-9-11-24-19(12-15)21(28)26-18-3-1-2-17(23)13-18/h1-7,9,11-13H,8,10H2,(H,25,27)(H,26,28). The summed E-state index contributed by atoms with van der Waals surface area (Å²) in [5.41, 5.74) is 1.50. The maximum absolute atomic E-state index is 13.2. The molecule has 7 heteroatoms. The molecular formula is C21H17F2N3O2. The molecule has 0 aliphatic carbocycles. The second kappa shape index (κ2) is 8.85. The zero-order valence-corrected chi connectivity index (χ0v) is 14.8. The summed E-state index contributed by atoms with van der Waals surface area (Å²) in [6.45, 7) is 0.359. The maximum atomic E-state index is 13.2. The highest BCUT2D eigenvalue weighted by Crippen LogP contribution is 2.11. The van der Waals surface area contributed by atoms with Gasteiger partial charge < -0.3 is 10.6 Å². The van der Waals surface area contributed by atoms with E-state index < -0.39 is 11.7 Å². The highest BCUT2D eigenvalue weighted by atomic mass is 19.1. The predicted octanol–water partition coefficient (Wildman–Crippen LogP) is 3.58. The van der Waals surface area contributed by atoms with Gasteiger partial charge in [0.25, 0.3) is 11.8 Å². The van der Waals surface area contributed by atoms with E-state index in [2.05, 4.69) is 15.6 Å². The highest BCUT2D eigenvalue weighted by molar-refractivity contribution is 6.04. The number of anilines is 1. The normalized spacial score (nSPS) is 10.4. The number of nitrogens with one attached hydrogen (secondary N) is 2. The van der Waals surface area contributed by atoms with Crippen LogP contribution in [0.5, 0.6) is 0 Å². The number of hydrogen-bond donors (Lipinski definition) is 2. The molecule has 2 aromatic carbocycles. The summed E-state index contributed by atoms with van der Waals surface area (Å²) in [7, 11) is 0. The lowest BCUT2D eigenvalue weighted by atomic mass is 10.1. The van der Waals surface area contributed by atoms with Gasteiger partial charge in [-0.15, -0.1) is 0 Å². The number of carbonyl (C=O) groups is 2. The summed E-state index contributed by atoms with van der Waals surface area (Å²) in [4.78, 5) is 28.5. The lowest BCUT2D eigenvalue weighted by molar-refractivity contribution is 0.0954. The average molecular weight is 381 g/mol. The minimum Gasteiger partial charge on any atom is -0.352 e. The second-order valence-corrected chi connectivity index (χ2v) is 6.03. The van der Waals surface area contributed by atoms with Crippen molar-refractivity contribution in [3.8, 4) is 0 Å². The minimum absolute atomic E-state index is 0.0374. The van der Waals surface area contributed by atoms with E-state index in [4.69, 9.17) is 0 Å². The molecule has 0 saturated carbocycles. The fraction of sp³-hybridized carbons (Fsp3) is 0.0952. The fourth-order valence-corrected chi connectivity index (χ4v) is 2.53. The van der Waals surface area contributed by atoms with Crippen LogP contribution >= 0.6 is 0 Å². The maximum Gasteiger partial charge on any atom is 0.274 e. The highest BCUT2D eigenvalue weighted by Gasteiger charge is 2.12. The molecule has 142 valence electrons. The number of amides is 2. The summed E-state index contributed by atoms with van der Waals surface area (Å²) < 4.78 is 26.1. The van der Waals surface area contributed by atoms with Gasteiger partial charge in [-0.25, -0.2) is 8.78 Å². The number of aromatic nitrogens is 1. The van der Waals surface area contributed by atoms with Gasteiger partial charge in [-0.05, 0) is 54.4 Å². The van der Waals surface area contributed by atoms with Crippen molar-refractivity contribution < 1.29 is 18.4 Å². The van der Waals surface area contributed by atoms with Gasteiger partial charge >= 0.3 is 0 Å². The number of benzene rings is 2. The Kier molecular flexibility index (Phi) is 6.06. The van der Waals surface area contributed by atoms with Crippen molar-refractivity contribution in [3.63, 3.8) is 0 Å². The molecule has 0 fully saturated rings. The number of pyridine rings is 1. The van der Waals surface area contributed by atoms with Crippen LogP contribution in [-0.4, -0.2) is 23.3 Å². The fourth-order valence-electron chi connectivity index (χ4n) is 2.53. The Bertz CT molecular complexity index is 991. The average Bonchev–Trinajstić information content (AvgIpc) is 2.69. The largest absolute Gasteiger partial charge is 0.352 e. The summed E-state index contributed by atoms with van der Waals surface area (Å²) in [6.07, 6.45) is 1.90. The van der Waals surface area contributed by atoms with Crippen LogP contribution in [0.15, 0.2) is 66.9 Å². The Morgan fingerprint density at radius 2 is 1.68 bits per heavy atom. The van der Waals surface area contributed by atoms with Gasteiger partial charge in [0.2, 0.25) is 0 Å². The van der Waals surface area contributed by atoms with Crippen LogP contribution in [0.4, 0.5) is 14.5 Å². The predicted molar refractivity (Wildman–Crippen MR) is 101 cm³/mol. The first-order valence-electron chi connectivity index (χ1n) is 8.57. The van der Waals surface area contributed by atoms with Crippen molar-refractivity contribution in [1.29, 1.82) is 0 Å². The van der Waals surface area contributed by atoms with E-state index in [0.29, 0.717) is 18.7 Å². The van der Waals surface area contributed by atoms with Crippen LogP contribution in [-0.2, 0) is 6.42 Å². The topological polar surface area (TPSA) is 71.1 Å². The molecule has 0 bridgehead atoms. The summed E-state index contributed by atoms with van der Waals surface area (Å²) in [6, 6.07) is 14.4. The third-order valence-corrected chi connectivity index (χ3v) is 3.95. The molecule has 5 nitrogen and oxygen atoms in total. The van der Waals surface area contributed by atoms with Gasteiger partial charge in [0.05, 0.1) is 0 Å². The van der Waals surface area contributed by atoms with Crippen molar-refractivity contribution in [2.24, 2.45) is 0 Å². The molecule has 0 unspecified atom stereocenters. The molecule has 0 radical (unpaired) electrons. The van der Waals surface area contributed by atoms with Gasteiger partial charge in [0, 0.05) is 24.0 Å². The molecule has 0 spiro atoms. The van der Waals surface area contributed by atoms with Crippen molar-refractivity contribution in [2.45, 2.75) is 6.42 Å². The molecule has 0 saturated heterocycles. The van der Waals surface area contributed by atoms with Crippen molar-refractivity contribution in [3.05, 3.63) is 95.3 Å². The molecule has 3 aromatic rings. The Labute approximate surface area is 160 Å². The van der Waals surface area contributed by atoms with Crippen molar-refractivity contribution in [2.75, 3.05) is 11.9 Å². The molecule has 28 heavy (non-hydrogen) atoms. The van der Waals surface area contributed by atoms with Crippen LogP contribution in [0.1, 0.15) is 26.4 Å². The summed E-state index contributed by atoms with van der Waals surface area (Å²) >= 11 is 0. The van der Waals surface area contributed by atoms with E-state index in [1.54, 1.807) is 18.2 Å². The quantitative estimate of drug-likeness (QED) is 0.686. The molecule has 2 amide bonds. The van der Waals surface area contributed by atoms with Gasteiger partial charge in [-0.2, -0.15) is 0 Å². The number of nitrogens with zero attached hydrogens (tertiary/aromatic N) is 1. The van der Waals surface area contributed by atoms with Crippen LogP contribution in [0.2, 0.25) is 0 Å². The summed E-state index contributed by atoms with van der Waals surface area (Å²) in [5, 5.41) is 5.27. The van der Waals surface area contributed by atoms with Gasteiger partial charge in [-0.1, -0.05) is 18.2 Å². The lowest BCUT2D eigenvalue weighted by Gasteiger charge is -2.08. The van der Waals surface area contributed by atoms with Crippen LogP contribution in [0, 0.1) is 11.6 Å². The molecule has 0 atom stereocenters. The zero-order valence-electron chi connectivity index (χ0n) is 14.8. The Morgan fingerprint density at radius 1 is 0.893 bits per heavy atom. The monoisotopic (exact) mass is 381 g/mol. The molecule has 3 rings (SSSR count). The van der Waals surface area contributed by atoms with Crippen LogP contribution in [0.25, 0.3) is 0 Å². The molecule has 0 aliphatic rings. The first kappa shape index (κ1) is 19.2. The van der Waals surface area contributed by atoms with Crippen LogP contribution < -0.4 is 10.6 Å². The van der Waals surface area contributed by atoms with Crippen molar-refractivity contribution in [1.82, 2.24) is 10.3 Å². The first-order chi connectivity index (χ1) is 13.5. The van der Waals surface area contributed by atoms with Gasteiger partial charge in [0.1, 0.15) is 17.3 Å². The molecule has 1 heterocycles. The smallest absolute Gasteiger partial charge is 0.274 e. The summed E-state index contributed by atoms with van der Waals surface area (Å²) in [5.74, 6) is -1.69. The van der Waals surface area contributed by atoms with Crippen molar-refractivity contribution >= 4 is 17.5 Å². The van der Waals surface area contributed by atoms with Gasteiger partial charge in [-0.3, -0.25) is 14.6 Å². The zero-order chi connectivity index (χ0) is 19.9. The van der Waals surface area contributed by atoms with E-state index in [9.17, 15) is 18.4 Å². The molecule has 2 N–H and O–H groups in total. The number of hydrogen-bond acceptors (Lipinski definition) is 3. The number of halogens is 2. The van der Waals surface area contributed by atoms with Crippen LogP contribution in [0.3, 0.4) is 0 Å². The third-order valence-electron chi connectivity index (χ3n) is 3.95.